The molecule has 2 aromatic rings. The van der Waals surface area contributed by atoms with E-state index in [1.165, 1.54) is 12.1 Å². The van der Waals surface area contributed by atoms with E-state index in [2.05, 4.69) is 4.98 Å². The average Bonchev–Trinajstić information content (AvgIpc) is 2.58. The number of aromatic nitrogens is 1. The van der Waals surface area contributed by atoms with Gasteiger partial charge in [-0.3, -0.25) is 0 Å². The lowest BCUT2D eigenvalue weighted by molar-refractivity contribution is -0.137. The summed E-state index contributed by atoms with van der Waals surface area (Å²) in [5.74, 6) is -1.20. The number of benzene rings is 1. The summed E-state index contributed by atoms with van der Waals surface area (Å²) in [6.07, 6.45) is -4.43. The van der Waals surface area contributed by atoms with E-state index in [-0.39, 0.29) is 11.2 Å². The highest BCUT2D eigenvalue weighted by Gasteiger charge is 2.30. The van der Waals surface area contributed by atoms with E-state index in [1.807, 2.05) is 0 Å². The monoisotopic (exact) mass is 229 g/mol. The molecule has 0 saturated carbocycles. The van der Waals surface area contributed by atoms with Crippen molar-refractivity contribution >= 4 is 16.9 Å². The Balaban J connectivity index is 2.58. The Morgan fingerprint density at radius 2 is 1.94 bits per heavy atom. The number of hydrogen-bond donors (Lipinski definition) is 2. The summed E-state index contributed by atoms with van der Waals surface area (Å²) in [6, 6.07) is 4.34. The molecule has 0 amide bonds. The first kappa shape index (κ1) is 10.5. The van der Waals surface area contributed by atoms with E-state index in [0.717, 1.165) is 12.1 Å². The van der Waals surface area contributed by atoms with Crippen molar-refractivity contribution in [1.29, 1.82) is 0 Å². The van der Waals surface area contributed by atoms with Crippen LogP contribution in [0.3, 0.4) is 0 Å². The average molecular weight is 229 g/mol. The van der Waals surface area contributed by atoms with Crippen LogP contribution >= 0.6 is 0 Å². The Hall–Kier alpha value is -1.98. The molecule has 0 fully saturated rings. The predicted molar refractivity (Wildman–Crippen MR) is 50.3 cm³/mol. The zero-order chi connectivity index (χ0) is 11.9. The maximum absolute atomic E-state index is 12.4. The molecule has 0 radical (unpaired) electrons. The quantitative estimate of drug-likeness (QED) is 0.789. The van der Waals surface area contributed by atoms with Crippen LogP contribution in [-0.4, -0.2) is 16.1 Å². The Bertz CT molecular complexity index is 557. The van der Waals surface area contributed by atoms with Crippen LogP contribution in [0.5, 0.6) is 0 Å². The number of aromatic amines is 1. The van der Waals surface area contributed by atoms with Gasteiger partial charge >= 0.3 is 12.1 Å². The summed E-state index contributed by atoms with van der Waals surface area (Å²) in [7, 11) is 0. The van der Waals surface area contributed by atoms with Crippen molar-refractivity contribution in [2.75, 3.05) is 0 Å². The van der Waals surface area contributed by atoms with Gasteiger partial charge in [-0.2, -0.15) is 13.2 Å². The summed E-state index contributed by atoms with van der Waals surface area (Å²) in [5.41, 5.74) is -0.777. The van der Waals surface area contributed by atoms with Crippen LogP contribution in [0.25, 0.3) is 10.9 Å². The van der Waals surface area contributed by atoms with Crippen molar-refractivity contribution in [3.8, 4) is 0 Å². The lowest BCUT2D eigenvalue weighted by Crippen LogP contribution is -2.04. The number of carboxylic acid groups (broad SMARTS) is 1. The standard InChI is InChI=1S/C10H6F3NO2/c11-10(12,13)6-2-1-5-3-8(9(15)16)14-7(5)4-6/h1-4,14H,(H,15,16). The number of carboxylic acids is 1. The molecule has 0 aliphatic carbocycles. The van der Waals surface area contributed by atoms with Crippen LogP contribution in [0, 0.1) is 0 Å². The molecular weight excluding hydrogens is 223 g/mol. The van der Waals surface area contributed by atoms with Gasteiger partial charge in [-0.15, -0.1) is 0 Å². The van der Waals surface area contributed by atoms with Gasteiger partial charge in [0.25, 0.3) is 0 Å². The number of rotatable bonds is 1. The second-order valence-electron chi connectivity index (χ2n) is 3.29. The van der Waals surface area contributed by atoms with Crippen molar-refractivity contribution in [3.05, 3.63) is 35.5 Å². The first-order valence-electron chi connectivity index (χ1n) is 4.31. The van der Waals surface area contributed by atoms with Crippen LogP contribution in [-0.2, 0) is 6.18 Å². The number of halogens is 3. The molecule has 0 bridgehead atoms. The molecule has 0 aliphatic heterocycles. The molecule has 1 aromatic carbocycles. The molecule has 2 N–H and O–H groups in total. The lowest BCUT2D eigenvalue weighted by Gasteiger charge is -2.05. The van der Waals surface area contributed by atoms with Gasteiger partial charge in [-0.05, 0) is 18.2 Å². The van der Waals surface area contributed by atoms with Crippen molar-refractivity contribution < 1.29 is 23.1 Å². The smallest absolute Gasteiger partial charge is 0.416 e. The van der Waals surface area contributed by atoms with Gasteiger partial charge in [0.1, 0.15) is 5.69 Å². The molecular formula is C10H6F3NO2. The van der Waals surface area contributed by atoms with E-state index < -0.39 is 17.7 Å². The third-order valence-corrected chi connectivity index (χ3v) is 2.18. The fraction of sp³-hybridized carbons (Fsp3) is 0.100. The normalized spacial score (nSPS) is 11.9. The van der Waals surface area contributed by atoms with Crippen LogP contribution in [0.2, 0.25) is 0 Å². The maximum Gasteiger partial charge on any atom is 0.416 e. The molecule has 84 valence electrons. The van der Waals surface area contributed by atoms with Crippen LogP contribution in [0.15, 0.2) is 24.3 Å². The number of carbonyl (C=O) groups is 1. The zero-order valence-electron chi connectivity index (χ0n) is 7.80. The number of nitrogens with one attached hydrogen (secondary N) is 1. The lowest BCUT2D eigenvalue weighted by atomic mass is 10.1. The summed E-state index contributed by atoms with van der Waals surface area (Å²) in [6.45, 7) is 0. The van der Waals surface area contributed by atoms with E-state index in [1.54, 1.807) is 0 Å². The first-order valence-corrected chi connectivity index (χ1v) is 4.31. The fourth-order valence-electron chi connectivity index (χ4n) is 1.42. The van der Waals surface area contributed by atoms with Crippen LogP contribution in [0.4, 0.5) is 13.2 Å². The zero-order valence-corrected chi connectivity index (χ0v) is 7.80. The number of hydrogen-bond acceptors (Lipinski definition) is 1. The molecule has 1 heterocycles. The van der Waals surface area contributed by atoms with Gasteiger partial charge in [0.05, 0.1) is 5.56 Å². The first-order chi connectivity index (χ1) is 7.38. The Kier molecular flexibility index (Phi) is 2.15. The van der Waals surface area contributed by atoms with E-state index in [0.29, 0.717) is 5.39 Å². The molecule has 0 aliphatic rings. The van der Waals surface area contributed by atoms with Gasteiger partial charge in [0, 0.05) is 10.9 Å². The van der Waals surface area contributed by atoms with Crippen molar-refractivity contribution in [2.45, 2.75) is 6.18 Å². The Morgan fingerprint density at radius 3 is 2.50 bits per heavy atom. The fourth-order valence-corrected chi connectivity index (χ4v) is 1.42. The molecule has 3 nitrogen and oxygen atoms in total. The van der Waals surface area contributed by atoms with E-state index in [9.17, 15) is 18.0 Å². The van der Waals surface area contributed by atoms with Gasteiger partial charge in [0.2, 0.25) is 0 Å². The van der Waals surface area contributed by atoms with Crippen LogP contribution in [0.1, 0.15) is 16.1 Å². The molecule has 0 saturated heterocycles. The highest BCUT2D eigenvalue weighted by molar-refractivity contribution is 5.93. The molecule has 0 spiro atoms. The highest BCUT2D eigenvalue weighted by Crippen LogP contribution is 2.31. The topological polar surface area (TPSA) is 53.1 Å². The van der Waals surface area contributed by atoms with E-state index in [4.69, 9.17) is 5.11 Å². The summed E-state index contributed by atoms with van der Waals surface area (Å²) in [4.78, 5) is 13.0. The minimum absolute atomic E-state index is 0.130. The van der Waals surface area contributed by atoms with Gasteiger partial charge < -0.3 is 10.1 Å². The molecule has 2 rings (SSSR count). The summed E-state index contributed by atoms with van der Waals surface area (Å²) < 4.78 is 37.1. The van der Waals surface area contributed by atoms with Crippen LogP contribution < -0.4 is 0 Å². The SMILES string of the molecule is O=C(O)c1cc2ccc(C(F)(F)F)cc2[nH]1. The number of alkyl halides is 3. The summed E-state index contributed by atoms with van der Waals surface area (Å²) in [5, 5.41) is 9.10. The number of aromatic carboxylic acids is 1. The second-order valence-corrected chi connectivity index (χ2v) is 3.29. The Labute approximate surface area is 87.5 Å². The molecule has 1 aromatic heterocycles. The second kappa shape index (κ2) is 3.26. The predicted octanol–water partition coefficient (Wildman–Crippen LogP) is 2.88. The number of fused-ring (bicyclic) bond motifs is 1. The van der Waals surface area contributed by atoms with Crippen molar-refractivity contribution in [1.82, 2.24) is 4.98 Å². The highest BCUT2D eigenvalue weighted by atomic mass is 19.4. The van der Waals surface area contributed by atoms with Gasteiger partial charge in [-0.25, -0.2) is 4.79 Å². The molecule has 0 unspecified atom stereocenters. The van der Waals surface area contributed by atoms with Crippen molar-refractivity contribution in [3.63, 3.8) is 0 Å². The van der Waals surface area contributed by atoms with Crippen molar-refractivity contribution in [2.24, 2.45) is 0 Å². The van der Waals surface area contributed by atoms with Gasteiger partial charge in [0.15, 0.2) is 0 Å². The van der Waals surface area contributed by atoms with E-state index >= 15 is 0 Å². The maximum atomic E-state index is 12.4. The molecule has 16 heavy (non-hydrogen) atoms. The largest absolute Gasteiger partial charge is 0.477 e. The molecule has 6 heteroatoms. The van der Waals surface area contributed by atoms with Gasteiger partial charge in [-0.1, -0.05) is 6.07 Å². The minimum Gasteiger partial charge on any atom is -0.477 e. The third kappa shape index (κ3) is 1.73. The third-order valence-electron chi connectivity index (χ3n) is 2.18. The summed E-state index contributed by atoms with van der Waals surface area (Å²) >= 11 is 0. The Morgan fingerprint density at radius 1 is 1.25 bits per heavy atom. The molecule has 0 atom stereocenters. The minimum atomic E-state index is -4.43. The number of H-pyrrole nitrogens is 1.